The number of anilines is 1. The molecular weight excluding hydrogens is 391 g/mol. The van der Waals surface area contributed by atoms with Crippen molar-refractivity contribution in [1.29, 1.82) is 0 Å². The number of carbonyl (C=O) groups excluding carboxylic acids is 1. The van der Waals surface area contributed by atoms with Gasteiger partial charge in [-0.3, -0.25) is 10.1 Å². The van der Waals surface area contributed by atoms with E-state index in [9.17, 15) is 9.18 Å². The number of carbonyl (C=O) groups is 1. The molecule has 0 saturated heterocycles. The Balaban J connectivity index is 1.40. The number of hydrogen-bond donors (Lipinski definition) is 2. The van der Waals surface area contributed by atoms with Crippen LogP contribution in [0.1, 0.15) is 18.8 Å². The number of tetrazole rings is 2. The Morgan fingerprint density at radius 1 is 1.10 bits per heavy atom. The van der Waals surface area contributed by atoms with E-state index in [1.165, 1.54) is 29.2 Å². The van der Waals surface area contributed by atoms with Gasteiger partial charge in [0, 0.05) is 0 Å². The van der Waals surface area contributed by atoms with Crippen molar-refractivity contribution in [3.8, 4) is 11.4 Å². The second kappa shape index (κ2) is 8.53. The van der Waals surface area contributed by atoms with Crippen LogP contribution in [-0.2, 0) is 4.79 Å². The topological polar surface area (TPSA) is 128 Å². The molecule has 0 aliphatic carbocycles. The first-order chi connectivity index (χ1) is 14.6. The number of amides is 1. The number of para-hydroxylation sites is 1. The molecule has 4 aromatic rings. The van der Waals surface area contributed by atoms with Gasteiger partial charge in [-0.1, -0.05) is 18.2 Å². The molecule has 30 heavy (non-hydrogen) atoms. The molecular formula is C18H17FN10O. The predicted octanol–water partition coefficient (Wildman–Crippen LogP) is 1.07. The van der Waals surface area contributed by atoms with Crippen LogP contribution >= 0.6 is 0 Å². The van der Waals surface area contributed by atoms with Crippen LogP contribution in [0, 0.1) is 5.82 Å². The second-order valence-corrected chi connectivity index (χ2v) is 6.35. The van der Waals surface area contributed by atoms with Crippen molar-refractivity contribution in [3.63, 3.8) is 0 Å². The second-order valence-electron chi connectivity index (χ2n) is 6.35. The minimum atomic E-state index is -0.568. The number of aromatic nitrogens is 8. The zero-order valence-corrected chi connectivity index (χ0v) is 15.8. The van der Waals surface area contributed by atoms with Crippen molar-refractivity contribution in [1.82, 2.24) is 45.7 Å². The highest BCUT2D eigenvalue weighted by Gasteiger charge is 2.17. The van der Waals surface area contributed by atoms with E-state index in [-0.39, 0.29) is 18.3 Å². The molecule has 0 radical (unpaired) electrons. The van der Waals surface area contributed by atoms with E-state index in [1.807, 2.05) is 37.3 Å². The summed E-state index contributed by atoms with van der Waals surface area (Å²) in [4.78, 5) is 12.3. The lowest BCUT2D eigenvalue weighted by molar-refractivity contribution is -0.115. The summed E-state index contributed by atoms with van der Waals surface area (Å²) >= 11 is 0. The summed E-state index contributed by atoms with van der Waals surface area (Å²) in [6.45, 7) is 1.76. The highest BCUT2D eigenvalue weighted by atomic mass is 19.1. The molecule has 4 rings (SSSR count). The summed E-state index contributed by atoms with van der Waals surface area (Å²) in [7, 11) is 0. The fourth-order valence-corrected chi connectivity index (χ4v) is 2.78. The molecule has 12 heteroatoms. The third-order valence-electron chi connectivity index (χ3n) is 4.29. The Labute approximate surface area is 169 Å². The number of rotatable bonds is 7. The van der Waals surface area contributed by atoms with Gasteiger partial charge in [-0.2, -0.15) is 4.68 Å². The Morgan fingerprint density at radius 2 is 1.93 bits per heavy atom. The maximum Gasteiger partial charge on any atom is 0.238 e. The fourth-order valence-electron chi connectivity index (χ4n) is 2.78. The molecule has 0 bridgehead atoms. The van der Waals surface area contributed by atoms with Gasteiger partial charge in [0.1, 0.15) is 12.1 Å². The standard InChI is InChI=1S/C18H17FN10O/c1-12(18-23-25-27-29(18)13-5-3-2-4-6-13)20-10-17(30)22-16-9-14(7-8-15(16)19)28-11-21-24-26-28/h2-9,11-12,20H,10H2,1H3,(H,22,30). The predicted molar refractivity (Wildman–Crippen MR) is 103 cm³/mol. The van der Waals surface area contributed by atoms with Gasteiger partial charge in [0.05, 0.1) is 29.6 Å². The molecule has 152 valence electrons. The van der Waals surface area contributed by atoms with Crippen molar-refractivity contribution in [2.24, 2.45) is 0 Å². The smallest absolute Gasteiger partial charge is 0.238 e. The average molecular weight is 408 g/mol. The Morgan fingerprint density at radius 3 is 2.70 bits per heavy atom. The Kier molecular flexibility index (Phi) is 5.48. The zero-order valence-electron chi connectivity index (χ0n) is 15.8. The lowest BCUT2D eigenvalue weighted by atomic mass is 10.2. The van der Waals surface area contributed by atoms with Crippen LogP contribution in [0.4, 0.5) is 10.1 Å². The number of nitrogens with zero attached hydrogens (tertiary/aromatic N) is 8. The molecule has 2 N–H and O–H groups in total. The molecule has 1 amide bonds. The molecule has 0 spiro atoms. The summed E-state index contributed by atoms with van der Waals surface area (Å²) in [5.41, 5.74) is 1.34. The number of benzene rings is 2. The summed E-state index contributed by atoms with van der Waals surface area (Å²) < 4.78 is 17.1. The van der Waals surface area contributed by atoms with Crippen LogP contribution in [0.25, 0.3) is 11.4 Å². The van der Waals surface area contributed by atoms with Gasteiger partial charge in [-0.25, -0.2) is 9.07 Å². The third-order valence-corrected chi connectivity index (χ3v) is 4.29. The first-order valence-electron chi connectivity index (χ1n) is 9.01. The lowest BCUT2D eigenvalue weighted by Crippen LogP contribution is -2.31. The van der Waals surface area contributed by atoms with E-state index in [0.717, 1.165) is 5.69 Å². The number of hydrogen-bond acceptors (Lipinski definition) is 8. The van der Waals surface area contributed by atoms with Crippen molar-refractivity contribution >= 4 is 11.6 Å². The highest BCUT2D eigenvalue weighted by Crippen LogP contribution is 2.18. The fraction of sp³-hybridized carbons (Fsp3) is 0.167. The summed E-state index contributed by atoms with van der Waals surface area (Å²) in [6, 6.07) is 13.3. The molecule has 2 heterocycles. The largest absolute Gasteiger partial charge is 0.322 e. The lowest BCUT2D eigenvalue weighted by Gasteiger charge is -2.14. The van der Waals surface area contributed by atoms with Gasteiger partial charge in [0.2, 0.25) is 5.91 Å². The van der Waals surface area contributed by atoms with Gasteiger partial charge in [-0.05, 0) is 58.1 Å². The molecule has 1 atom stereocenters. The first-order valence-corrected chi connectivity index (χ1v) is 9.01. The maximum absolute atomic E-state index is 14.1. The normalized spacial score (nSPS) is 11.9. The van der Waals surface area contributed by atoms with Gasteiger partial charge >= 0.3 is 0 Å². The average Bonchev–Trinajstić information content (AvgIpc) is 3.46. The quantitative estimate of drug-likeness (QED) is 0.465. The van der Waals surface area contributed by atoms with Gasteiger partial charge in [-0.15, -0.1) is 10.2 Å². The summed E-state index contributed by atoms with van der Waals surface area (Å²) in [6.07, 6.45) is 1.37. The van der Waals surface area contributed by atoms with E-state index < -0.39 is 11.7 Å². The van der Waals surface area contributed by atoms with E-state index >= 15 is 0 Å². The number of nitrogens with one attached hydrogen (secondary N) is 2. The van der Waals surface area contributed by atoms with Crippen molar-refractivity contribution in [3.05, 3.63) is 66.5 Å². The van der Waals surface area contributed by atoms with Crippen LogP contribution in [0.2, 0.25) is 0 Å². The van der Waals surface area contributed by atoms with Crippen molar-refractivity contribution < 1.29 is 9.18 Å². The van der Waals surface area contributed by atoms with Crippen LogP contribution in [0.15, 0.2) is 54.9 Å². The van der Waals surface area contributed by atoms with Crippen molar-refractivity contribution in [2.75, 3.05) is 11.9 Å². The monoisotopic (exact) mass is 408 g/mol. The molecule has 0 fully saturated rings. The zero-order chi connectivity index (χ0) is 20.9. The number of halogens is 1. The minimum Gasteiger partial charge on any atom is -0.322 e. The van der Waals surface area contributed by atoms with Gasteiger partial charge < -0.3 is 5.32 Å². The molecule has 0 aliphatic heterocycles. The van der Waals surface area contributed by atoms with E-state index in [1.54, 1.807) is 4.68 Å². The van der Waals surface area contributed by atoms with E-state index in [2.05, 4.69) is 41.7 Å². The molecule has 11 nitrogen and oxygen atoms in total. The summed E-state index contributed by atoms with van der Waals surface area (Å²) in [5.74, 6) is -0.449. The van der Waals surface area contributed by atoms with Crippen LogP contribution in [-0.4, -0.2) is 52.9 Å². The molecule has 1 unspecified atom stereocenters. The Hall–Kier alpha value is -4.06. The molecule has 0 aliphatic rings. The first kappa shape index (κ1) is 19.3. The van der Waals surface area contributed by atoms with E-state index in [0.29, 0.717) is 11.5 Å². The molecule has 2 aromatic carbocycles. The highest BCUT2D eigenvalue weighted by molar-refractivity contribution is 5.92. The maximum atomic E-state index is 14.1. The SMILES string of the molecule is CC(NCC(=O)Nc1cc(-n2cnnn2)ccc1F)c1nnnn1-c1ccccc1. The van der Waals surface area contributed by atoms with Crippen LogP contribution < -0.4 is 10.6 Å². The molecule has 2 aromatic heterocycles. The summed E-state index contributed by atoms with van der Waals surface area (Å²) in [5, 5.41) is 28.1. The van der Waals surface area contributed by atoms with Gasteiger partial charge in [0.15, 0.2) is 5.82 Å². The van der Waals surface area contributed by atoms with E-state index in [4.69, 9.17) is 0 Å². The third kappa shape index (κ3) is 4.17. The minimum absolute atomic E-state index is 0.0246. The van der Waals surface area contributed by atoms with Crippen LogP contribution in [0.5, 0.6) is 0 Å². The van der Waals surface area contributed by atoms with Crippen molar-refractivity contribution in [2.45, 2.75) is 13.0 Å². The van der Waals surface area contributed by atoms with Gasteiger partial charge in [0.25, 0.3) is 0 Å². The Bertz CT molecular complexity index is 1130. The van der Waals surface area contributed by atoms with Crippen LogP contribution in [0.3, 0.4) is 0 Å². The molecule has 0 saturated carbocycles.